The Morgan fingerprint density at radius 2 is 2.12 bits per heavy atom. The average molecular weight is 233 g/mol. The zero-order valence-electron chi connectivity index (χ0n) is 11.2. The number of aryl methyl sites for hydroxylation is 1. The number of nitrogens with one attached hydrogen (secondary N) is 1. The maximum atomic E-state index is 4.55. The maximum absolute atomic E-state index is 4.55. The SMILES string of the molecule is Cc1cc(NCCC2CCC2)nc(C(C)C)n1. The predicted octanol–water partition coefficient (Wildman–Crippen LogP) is 3.51. The molecule has 1 N–H and O–H groups in total. The highest BCUT2D eigenvalue weighted by atomic mass is 15.0. The fourth-order valence-electron chi connectivity index (χ4n) is 2.13. The van der Waals surface area contributed by atoms with Crippen LogP contribution in [0.2, 0.25) is 0 Å². The molecule has 0 spiro atoms. The van der Waals surface area contributed by atoms with Crippen molar-refractivity contribution in [3.63, 3.8) is 0 Å². The van der Waals surface area contributed by atoms with Gasteiger partial charge in [-0.05, 0) is 19.3 Å². The zero-order valence-corrected chi connectivity index (χ0v) is 11.2. The standard InChI is InChI=1S/C14H23N3/c1-10(2)14-16-11(3)9-13(17-14)15-8-7-12-5-4-6-12/h9-10,12H,4-8H2,1-3H3,(H,15,16,17). The molecule has 3 heteroatoms. The minimum atomic E-state index is 0.391. The van der Waals surface area contributed by atoms with Crippen LogP contribution in [0.4, 0.5) is 5.82 Å². The van der Waals surface area contributed by atoms with Crippen LogP contribution in [0.15, 0.2) is 6.07 Å². The fraction of sp³-hybridized carbons (Fsp3) is 0.714. The molecule has 0 bridgehead atoms. The van der Waals surface area contributed by atoms with Gasteiger partial charge in [-0.3, -0.25) is 0 Å². The van der Waals surface area contributed by atoms with E-state index in [4.69, 9.17) is 0 Å². The molecule has 1 heterocycles. The fourth-order valence-corrected chi connectivity index (χ4v) is 2.13. The molecule has 0 radical (unpaired) electrons. The van der Waals surface area contributed by atoms with Crippen LogP contribution in [0, 0.1) is 12.8 Å². The minimum absolute atomic E-state index is 0.391. The molecular formula is C14H23N3. The molecule has 0 aromatic carbocycles. The smallest absolute Gasteiger partial charge is 0.133 e. The highest BCUT2D eigenvalue weighted by Crippen LogP contribution is 2.29. The number of hydrogen-bond acceptors (Lipinski definition) is 3. The molecule has 1 aromatic rings. The second-order valence-corrected chi connectivity index (χ2v) is 5.42. The van der Waals surface area contributed by atoms with Gasteiger partial charge in [-0.1, -0.05) is 33.1 Å². The Hall–Kier alpha value is -1.12. The van der Waals surface area contributed by atoms with Crippen LogP contribution in [0.3, 0.4) is 0 Å². The lowest BCUT2D eigenvalue weighted by Crippen LogP contribution is -2.16. The number of rotatable bonds is 5. The first-order valence-electron chi connectivity index (χ1n) is 6.74. The van der Waals surface area contributed by atoms with Gasteiger partial charge in [-0.15, -0.1) is 0 Å². The lowest BCUT2D eigenvalue weighted by molar-refractivity contribution is 0.303. The van der Waals surface area contributed by atoms with Gasteiger partial charge >= 0.3 is 0 Å². The summed E-state index contributed by atoms with van der Waals surface area (Å²) in [5.41, 5.74) is 1.05. The second-order valence-electron chi connectivity index (χ2n) is 5.42. The van der Waals surface area contributed by atoms with Gasteiger partial charge in [0.25, 0.3) is 0 Å². The van der Waals surface area contributed by atoms with E-state index in [1.165, 1.54) is 25.7 Å². The monoisotopic (exact) mass is 233 g/mol. The Bertz CT molecular complexity index is 370. The minimum Gasteiger partial charge on any atom is -0.370 e. The molecule has 1 aliphatic carbocycles. The van der Waals surface area contributed by atoms with E-state index in [-0.39, 0.29) is 0 Å². The highest BCUT2D eigenvalue weighted by molar-refractivity contribution is 5.36. The molecule has 2 rings (SSSR count). The van der Waals surface area contributed by atoms with Crippen LogP contribution in [-0.4, -0.2) is 16.5 Å². The molecule has 1 fully saturated rings. The van der Waals surface area contributed by atoms with E-state index in [9.17, 15) is 0 Å². The first-order chi connectivity index (χ1) is 8.15. The second kappa shape index (κ2) is 5.48. The van der Waals surface area contributed by atoms with Crippen LogP contribution >= 0.6 is 0 Å². The average Bonchev–Trinajstić information content (AvgIpc) is 2.21. The van der Waals surface area contributed by atoms with Crippen molar-refractivity contribution < 1.29 is 0 Å². The molecule has 0 atom stereocenters. The van der Waals surface area contributed by atoms with Crippen LogP contribution < -0.4 is 5.32 Å². The zero-order chi connectivity index (χ0) is 12.3. The first-order valence-corrected chi connectivity index (χ1v) is 6.74. The van der Waals surface area contributed by atoms with Gasteiger partial charge < -0.3 is 5.32 Å². The van der Waals surface area contributed by atoms with E-state index < -0.39 is 0 Å². The Morgan fingerprint density at radius 1 is 1.35 bits per heavy atom. The summed E-state index contributed by atoms with van der Waals surface area (Å²) in [6.45, 7) is 7.34. The molecule has 1 aliphatic rings. The van der Waals surface area contributed by atoms with E-state index in [0.717, 1.165) is 29.8 Å². The number of nitrogens with zero attached hydrogens (tertiary/aromatic N) is 2. The van der Waals surface area contributed by atoms with Crippen molar-refractivity contribution in [1.82, 2.24) is 9.97 Å². The molecule has 1 saturated carbocycles. The Balaban J connectivity index is 1.90. The van der Waals surface area contributed by atoms with Crippen molar-refractivity contribution in [3.8, 4) is 0 Å². The summed E-state index contributed by atoms with van der Waals surface area (Å²) in [5, 5.41) is 3.43. The van der Waals surface area contributed by atoms with Gasteiger partial charge in [0.15, 0.2) is 0 Å². The highest BCUT2D eigenvalue weighted by Gasteiger charge is 2.16. The van der Waals surface area contributed by atoms with Crippen LogP contribution in [0.25, 0.3) is 0 Å². The van der Waals surface area contributed by atoms with Crippen molar-refractivity contribution in [1.29, 1.82) is 0 Å². The summed E-state index contributed by atoms with van der Waals surface area (Å²) in [5.74, 6) is 3.27. The van der Waals surface area contributed by atoms with Crippen LogP contribution in [0.1, 0.15) is 57.0 Å². The van der Waals surface area contributed by atoms with Gasteiger partial charge in [0.2, 0.25) is 0 Å². The molecule has 0 unspecified atom stereocenters. The molecular weight excluding hydrogens is 210 g/mol. The molecule has 17 heavy (non-hydrogen) atoms. The first kappa shape index (κ1) is 12.3. The third-order valence-electron chi connectivity index (χ3n) is 3.47. The van der Waals surface area contributed by atoms with Crippen molar-refractivity contribution in [2.75, 3.05) is 11.9 Å². The Labute approximate surface area is 104 Å². The van der Waals surface area contributed by atoms with E-state index in [1.54, 1.807) is 0 Å². The molecule has 1 aromatic heterocycles. The maximum Gasteiger partial charge on any atom is 0.133 e. The largest absolute Gasteiger partial charge is 0.370 e. The van der Waals surface area contributed by atoms with E-state index in [0.29, 0.717) is 5.92 Å². The van der Waals surface area contributed by atoms with Gasteiger partial charge in [-0.25, -0.2) is 9.97 Å². The van der Waals surface area contributed by atoms with Crippen molar-refractivity contribution in [3.05, 3.63) is 17.6 Å². The molecule has 0 amide bonds. The van der Waals surface area contributed by atoms with E-state index in [1.807, 2.05) is 13.0 Å². The van der Waals surface area contributed by atoms with Gasteiger partial charge in [-0.2, -0.15) is 0 Å². The Kier molecular flexibility index (Phi) is 3.97. The summed E-state index contributed by atoms with van der Waals surface area (Å²) in [6.07, 6.45) is 5.54. The third kappa shape index (κ3) is 3.42. The van der Waals surface area contributed by atoms with Crippen LogP contribution in [0.5, 0.6) is 0 Å². The van der Waals surface area contributed by atoms with Gasteiger partial charge in [0.1, 0.15) is 11.6 Å². The number of hydrogen-bond donors (Lipinski definition) is 1. The third-order valence-corrected chi connectivity index (χ3v) is 3.47. The van der Waals surface area contributed by atoms with Gasteiger partial charge in [0, 0.05) is 24.2 Å². The molecule has 94 valence electrons. The Morgan fingerprint density at radius 3 is 2.71 bits per heavy atom. The number of aromatic nitrogens is 2. The summed E-state index contributed by atoms with van der Waals surface area (Å²) < 4.78 is 0. The van der Waals surface area contributed by atoms with Crippen molar-refractivity contribution in [2.24, 2.45) is 5.92 Å². The summed E-state index contributed by atoms with van der Waals surface area (Å²) in [4.78, 5) is 9.00. The van der Waals surface area contributed by atoms with Crippen molar-refractivity contribution in [2.45, 2.75) is 52.4 Å². The lowest BCUT2D eigenvalue weighted by Gasteiger charge is -2.25. The van der Waals surface area contributed by atoms with E-state index >= 15 is 0 Å². The number of anilines is 1. The summed E-state index contributed by atoms with van der Waals surface area (Å²) in [7, 11) is 0. The summed E-state index contributed by atoms with van der Waals surface area (Å²) >= 11 is 0. The topological polar surface area (TPSA) is 37.8 Å². The predicted molar refractivity (Wildman–Crippen MR) is 71.3 cm³/mol. The lowest BCUT2D eigenvalue weighted by atomic mass is 9.83. The molecule has 0 aliphatic heterocycles. The van der Waals surface area contributed by atoms with E-state index in [2.05, 4.69) is 29.1 Å². The molecule has 3 nitrogen and oxygen atoms in total. The van der Waals surface area contributed by atoms with Gasteiger partial charge in [0.05, 0.1) is 0 Å². The summed E-state index contributed by atoms with van der Waals surface area (Å²) in [6, 6.07) is 2.03. The quantitative estimate of drug-likeness (QED) is 0.845. The normalized spacial score (nSPS) is 16.0. The molecule has 0 saturated heterocycles. The van der Waals surface area contributed by atoms with Crippen molar-refractivity contribution >= 4 is 5.82 Å². The van der Waals surface area contributed by atoms with Crippen LogP contribution in [-0.2, 0) is 0 Å².